The molecule has 380 valence electrons. The summed E-state index contributed by atoms with van der Waals surface area (Å²) in [6, 6.07) is 0. The Balaban J connectivity index is 5.26. The molecule has 0 aliphatic carbocycles. The van der Waals surface area contributed by atoms with Crippen molar-refractivity contribution in [3.63, 3.8) is 0 Å². The SMILES string of the molecule is CCCCCCCCCOC(CCCCCC)(OCCCCCCCCC)OCOCOCOCOC(CCCCCC)(OCCCCCCCCC)OCCCCCCCCC. The van der Waals surface area contributed by atoms with Gasteiger partial charge in [0.1, 0.15) is 0 Å². The molecule has 0 amide bonds. The fourth-order valence-electron chi connectivity index (χ4n) is 7.85. The van der Waals surface area contributed by atoms with E-state index in [9.17, 15) is 0 Å². The molecule has 0 N–H and O–H groups in total. The van der Waals surface area contributed by atoms with E-state index < -0.39 is 11.9 Å². The third-order valence-corrected chi connectivity index (χ3v) is 12.0. The average molecular weight is 903 g/mol. The van der Waals surface area contributed by atoms with Crippen LogP contribution in [0.25, 0.3) is 0 Å². The van der Waals surface area contributed by atoms with Crippen LogP contribution in [-0.2, 0) is 42.6 Å². The van der Waals surface area contributed by atoms with Crippen LogP contribution in [0.5, 0.6) is 0 Å². The zero-order valence-electron chi connectivity index (χ0n) is 43.2. The van der Waals surface area contributed by atoms with Gasteiger partial charge in [-0.05, 0) is 38.5 Å². The van der Waals surface area contributed by atoms with Crippen LogP contribution in [0.3, 0.4) is 0 Å². The largest absolute Gasteiger partial charge is 0.329 e. The molecule has 0 aromatic heterocycles. The van der Waals surface area contributed by atoms with Gasteiger partial charge in [-0.25, -0.2) is 0 Å². The summed E-state index contributed by atoms with van der Waals surface area (Å²) >= 11 is 0. The van der Waals surface area contributed by atoms with E-state index >= 15 is 0 Å². The summed E-state index contributed by atoms with van der Waals surface area (Å²) in [4.78, 5) is 0. The van der Waals surface area contributed by atoms with Gasteiger partial charge in [0.15, 0.2) is 27.2 Å². The summed E-state index contributed by atoms with van der Waals surface area (Å²) in [5, 5.41) is 0. The molecule has 0 atom stereocenters. The van der Waals surface area contributed by atoms with Crippen LogP contribution in [0.1, 0.15) is 286 Å². The van der Waals surface area contributed by atoms with Crippen molar-refractivity contribution in [2.75, 3.05) is 53.6 Å². The van der Waals surface area contributed by atoms with Gasteiger partial charge < -0.3 is 42.6 Å². The summed E-state index contributed by atoms with van der Waals surface area (Å²) in [5.74, 6) is -2.21. The second-order valence-electron chi connectivity index (χ2n) is 18.2. The first-order valence-electron chi connectivity index (χ1n) is 27.6. The third-order valence-electron chi connectivity index (χ3n) is 12.0. The van der Waals surface area contributed by atoms with E-state index in [1.807, 2.05) is 0 Å². The van der Waals surface area contributed by atoms with Gasteiger partial charge in [0.05, 0.1) is 26.4 Å². The molecule has 63 heavy (non-hydrogen) atoms. The Kier molecular flexibility index (Phi) is 50.7. The second-order valence-corrected chi connectivity index (χ2v) is 18.2. The molecule has 0 unspecified atom stereocenters. The minimum atomic E-state index is -1.10. The Morgan fingerprint density at radius 2 is 0.413 bits per heavy atom. The first-order chi connectivity index (χ1) is 31.1. The Labute approximate surface area is 392 Å². The van der Waals surface area contributed by atoms with Gasteiger partial charge >= 0.3 is 0 Å². The zero-order chi connectivity index (χ0) is 45.9. The molecule has 0 radical (unpaired) electrons. The monoisotopic (exact) mass is 903 g/mol. The minimum absolute atomic E-state index is 0.0120. The Bertz CT molecular complexity index is 740. The van der Waals surface area contributed by atoms with E-state index in [0.717, 1.165) is 77.0 Å². The zero-order valence-corrected chi connectivity index (χ0v) is 43.2. The second kappa shape index (κ2) is 51.0. The molecule has 0 spiro atoms. The van der Waals surface area contributed by atoms with Gasteiger partial charge in [0, 0.05) is 12.8 Å². The van der Waals surface area contributed by atoms with Crippen LogP contribution in [0.4, 0.5) is 0 Å². The number of hydrogen-bond acceptors (Lipinski definition) is 9. The van der Waals surface area contributed by atoms with Crippen molar-refractivity contribution in [3.8, 4) is 0 Å². The first-order valence-corrected chi connectivity index (χ1v) is 27.6. The van der Waals surface area contributed by atoms with Crippen LogP contribution < -0.4 is 0 Å². The molecule has 0 bridgehead atoms. The lowest BCUT2D eigenvalue weighted by Gasteiger charge is -2.33. The van der Waals surface area contributed by atoms with E-state index in [4.69, 9.17) is 42.6 Å². The molecule has 0 fully saturated rings. The highest BCUT2D eigenvalue weighted by atomic mass is 16.9. The maximum absolute atomic E-state index is 6.52. The molecule has 0 heterocycles. The fraction of sp³-hybridized carbons (Fsp3) is 1.00. The highest BCUT2D eigenvalue weighted by Crippen LogP contribution is 2.27. The average Bonchev–Trinajstić information content (AvgIpc) is 3.29. The minimum Gasteiger partial charge on any atom is -0.329 e. The lowest BCUT2D eigenvalue weighted by molar-refractivity contribution is -0.408. The van der Waals surface area contributed by atoms with Gasteiger partial charge in [-0.15, -0.1) is 0 Å². The molecule has 0 aromatic rings. The van der Waals surface area contributed by atoms with Gasteiger partial charge in [-0.1, -0.05) is 234 Å². The topological polar surface area (TPSA) is 83.1 Å². The summed E-state index contributed by atoms with van der Waals surface area (Å²) in [6.07, 6.45) is 44.9. The number of unbranched alkanes of at least 4 members (excludes halogenated alkanes) is 30. The molecule has 9 heteroatoms. The van der Waals surface area contributed by atoms with E-state index in [0.29, 0.717) is 39.3 Å². The van der Waals surface area contributed by atoms with Crippen molar-refractivity contribution >= 4 is 0 Å². The van der Waals surface area contributed by atoms with Crippen molar-refractivity contribution < 1.29 is 42.6 Å². The lowest BCUT2D eigenvalue weighted by atomic mass is 10.1. The van der Waals surface area contributed by atoms with Gasteiger partial charge in [-0.3, -0.25) is 0 Å². The molecule has 0 aromatic carbocycles. The molecule has 9 nitrogen and oxygen atoms in total. The van der Waals surface area contributed by atoms with E-state index in [1.165, 1.54) is 154 Å². The summed E-state index contributed by atoms with van der Waals surface area (Å²) in [6.45, 7) is 16.1. The normalized spacial score (nSPS) is 12.3. The van der Waals surface area contributed by atoms with Crippen molar-refractivity contribution in [1.82, 2.24) is 0 Å². The van der Waals surface area contributed by atoms with Crippen molar-refractivity contribution in [3.05, 3.63) is 0 Å². The lowest BCUT2D eigenvalue weighted by Crippen LogP contribution is -2.41. The van der Waals surface area contributed by atoms with Gasteiger partial charge in [0.25, 0.3) is 11.9 Å². The van der Waals surface area contributed by atoms with Crippen LogP contribution in [0, 0.1) is 0 Å². The Morgan fingerprint density at radius 1 is 0.206 bits per heavy atom. The van der Waals surface area contributed by atoms with Crippen LogP contribution in [-0.4, -0.2) is 65.5 Å². The van der Waals surface area contributed by atoms with E-state index in [-0.39, 0.29) is 27.2 Å². The highest BCUT2D eigenvalue weighted by Gasteiger charge is 2.34. The highest BCUT2D eigenvalue weighted by molar-refractivity contribution is 4.62. The fourth-order valence-corrected chi connectivity index (χ4v) is 7.85. The maximum Gasteiger partial charge on any atom is 0.284 e. The molecular formula is C54H110O9. The third kappa shape index (κ3) is 42.7. The standard InChI is InChI=1S/C54H110O9/c1-7-13-19-25-29-33-39-45-58-53(43-37-23-17-11-5,59-46-40-34-30-26-20-14-8-2)62-51-56-49-55-50-57-52-63-54(44-38-24-18-12-6,60-47-41-35-31-27-21-15-9-3)61-48-42-36-32-28-22-16-10-4/h7-52H2,1-6H3. The quantitative estimate of drug-likeness (QED) is 0.0438. The van der Waals surface area contributed by atoms with Crippen LogP contribution in [0.2, 0.25) is 0 Å². The number of hydrogen-bond donors (Lipinski definition) is 0. The molecule has 0 rings (SSSR count). The van der Waals surface area contributed by atoms with Crippen molar-refractivity contribution in [2.24, 2.45) is 0 Å². The summed E-state index contributed by atoms with van der Waals surface area (Å²) < 4.78 is 56.3. The van der Waals surface area contributed by atoms with Gasteiger partial charge in [0.2, 0.25) is 0 Å². The smallest absolute Gasteiger partial charge is 0.284 e. The number of ether oxygens (including phenoxy) is 9. The number of rotatable bonds is 56. The van der Waals surface area contributed by atoms with Crippen molar-refractivity contribution in [1.29, 1.82) is 0 Å². The summed E-state index contributed by atoms with van der Waals surface area (Å²) in [7, 11) is 0. The molecule has 0 saturated heterocycles. The molecular weight excluding hydrogens is 793 g/mol. The molecule has 0 aliphatic heterocycles. The van der Waals surface area contributed by atoms with Crippen LogP contribution >= 0.6 is 0 Å². The van der Waals surface area contributed by atoms with Gasteiger partial charge in [-0.2, -0.15) is 0 Å². The Hall–Kier alpha value is -0.360. The molecule has 0 aliphatic rings. The van der Waals surface area contributed by atoms with E-state index in [1.54, 1.807) is 0 Å². The van der Waals surface area contributed by atoms with Crippen molar-refractivity contribution in [2.45, 2.75) is 297 Å². The van der Waals surface area contributed by atoms with Crippen LogP contribution in [0.15, 0.2) is 0 Å². The Morgan fingerprint density at radius 3 is 0.667 bits per heavy atom. The maximum atomic E-state index is 6.52. The predicted molar refractivity (Wildman–Crippen MR) is 264 cm³/mol. The first kappa shape index (κ1) is 62.6. The molecule has 0 saturated carbocycles. The van der Waals surface area contributed by atoms with E-state index in [2.05, 4.69) is 41.5 Å². The predicted octanol–water partition coefficient (Wildman–Crippen LogP) is 17.2. The summed E-state index contributed by atoms with van der Waals surface area (Å²) in [5.41, 5.74) is 0.